The van der Waals surface area contributed by atoms with E-state index in [9.17, 15) is 14.4 Å². The highest BCUT2D eigenvalue weighted by molar-refractivity contribution is 6.08. The lowest BCUT2D eigenvalue weighted by Gasteiger charge is -2.23. The summed E-state index contributed by atoms with van der Waals surface area (Å²) in [6.07, 6.45) is 0. The van der Waals surface area contributed by atoms with Gasteiger partial charge >= 0.3 is 6.03 Å². The van der Waals surface area contributed by atoms with Crippen LogP contribution in [0.3, 0.4) is 0 Å². The van der Waals surface area contributed by atoms with Crippen LogP contribution < -0.4 is 10.2 Å². The molecule has 26 heavy (non-hydrogen) atoms. The van der Waals surface area contributed by atoms with Crippen molar-refractivity contribution in [1.82, 2.24) is 10.2 Å². The average Bonchev–Trinajstić information content (AvgIpc) is 2.91. The first-order valence-electron chi connectivity index (χ1n) is 8.55. The molecule has 134 valence electrons. The third-order valence-corrected chi connectivity index (χ3v) is 4.38. The molecule has 0 aromatic heterocycles. The van der Waals surface area contributed by atoms with Gasteiger partial charge in [-0.1, -0.05) is 42.5 Å². The molecule has 0 aliphatic carbocycles. The Labute approximate surface area is 152 Å². The third kappa shape index (κ3) is 3.44. The number of rotatable bonds is 5. The van der Waals surface area contributed by atoms with Gasteiger partial charge in [-0.2, -0.15) is 0 Å². The predicted octanol–water partition coefficient (Wildman–Crippen LogP) is 2.64. The fourth-order valence-electron chi connectivity index (χ4n) is 3.06. The van der Waals surface area contributed by atoms with Crippen LogP contribution in [0.1, 0.15) is 24.1 Å². The standard InChI is InChI=1S/C20H21N3O3/c1-3-22(16-11-7-8-14(2)12-16)17(24)13-23-19(25)18(21-20(23)26)15-9-5-4-6-10-15/h4-12,18H,3,13H2,1-2H3,(H,21,26). The number of anilines is 1. The molecule has 1 aliphatic rings. The lowest BCUT2D eigenvalue weighted by molar-refractivity contribution is -0.131. The number of nitrogens with zero attached hydrogens (tertiary/aromatic N) is 2. The SMILES string of the molecule is CCN(C(=O)CN1C(=O)NC(c2ccccc2)C1=O)c1cccc(C)c1. The van der Waals surface area contributed by atoms with Crippen LogP contribution in [-0.4, -0.2) is 35.8 Å². The summed E-state index contributed by atoms with van der Waals surface area (Å²) in [4.78, 5) is 40.1. The van der Waals surface area contributed by atoms with Gasteiger partial charge in [0.15, 0.2) is 0 Å². The summed E-state index contributed by atoms with van der Waals surface area (Å²) in [6, 6.07) is 15.3. The van der Waals surface area contributed by atoms with Crippen molar-refractivity contribution >= 4 is 23.5 Å². The van der Waals surface area contributed by atoms with E-state index in [-0.39, 0.29) is 12.5 Å². The van der Waals surface area contributed by atoms with Gasteiger partial charge in [0, 0.05) is 12.2 Å². The third-order valence-electron chi connectivity index (χ3n) is 4.38. The van der Waals surface area contributed by atoms with E-state index < -0.39 is 18.0 Å². The maximum Gasteiger partial charge on any atom is 0.325 e. The zero-order chi connectivity index (χ0) is 18.7. The summed E-state index contributed by atoms with van der Waals surface area (Å²) >= 11 is 0. The minimum Gasteiger partial charge on any atom is -0.322 e. The Morgan fingerprint density at radius 1 is 1.12 bits per heavy atom. The Bertz CT molecular complexity index is 835. The number of urea groups is 1. The molecular weight excluding hydrogens is 330 g/mol. The minimum atomic E-state index is -0.745. The van der Waals surface area contributed by atoms with Gasteiger partial charge in [-0.3, -0.25) is 14.5 Å². The zero-order valence-electron chi connectivity index (χ0n) is 14.8. The number of carbonyl (C=O) groups is 3. The van der Waals surface area contributed by atoms with Crippen LogP contribution in [0.2, 0.25) is 0 Å². The molecule has 4 amide bonds. The van der Waals surface area contributed by atoms with E-state index in [1.165, 1.54) is 0 Å². The molecule has 1 fully saturated rings. The van der Waals surface area contributed by atoms with E-state index in [1.54, 1.807) is 29.2 Å². The first kappa shape index (κ1) is 17.7. The number of hydrogen-bond donors (Lipinski definition) is 1. The first-order chi connectivity index (χ1) is 12.5. The molecule has 0 spiro atoms. The van der Waals surface area contributed by atoms with Crippen LogP contribution in [-0.2, 0) is 9.59 Å². The number of likely N-dealkylation sites (N-methyl/N-ethyl adjacent to an activating group) is 1. The Balaban J connectivity index is 1.76. The molecule has 1 N–H and O–H groups in total. The molecule has 6 nitrogen and oxygen atoms in total. The van der Waals surface area contributed by atoms with Crippen LogP contribution in [0.5, 0.6) is 0 Å². The fourth-order valence-corrected chi connectivity index (χ4v) is 3.06. The Morgan fingerprint density at radius 2 is 1.85 bits per heavy atom. The van der Waals surface area contributed by atoms with Crippen LogP contribution in [0.15, 0.2) is 54.6 Å². The number of amides is 4. The largest absolute Gasteiger partial charge is 0.325 e. The van der Waals surface area contributed by atoms with Gasteiger partial charge in [0.2, 0.25) is 5.91 Å². The molecule has 0 radical (unpaired) electrons. The lowest BCUT2D eigenvalue weighted by atomic mass is 10.1. The smallest absolute Gasteiger partial charge is 0.322 e. The zero-order valence-corrected chi connectivity index (χ0v) is 14.8. The molecule has 1 heterocycles. The van der Waals surface area contributed by atoms with E-state index in [2.05, 4.69) is 5.32 Å². The summed E-state index contributed by atoms with van der Waals surface area (Å²) in [5.41, 5.74) is 2.49. The van der Waals surface area contributed by atoms with Gasteiger partial charge in [-0.25, -0.2) is 4.79 Å². The van der Waals surface area contributed by atoms with E-state index in [1.807, 2.05) is 44.2 Å². The van der Waals surface area contributed by atoms with Crippen molar-refractivity contribution in [3.05, 3.63) is 65.7 Å². The van der Waals surface area contributed by atoms with Crippen molar-refractivity contribution in [2.45, 2.75) is 19.9 Å². The molecule has 1 unspecified atom stereocenters. The lowest BCUT2D eigenvalue weighted by Crippen LogP contribution is -2.43. The highest BCUT2D eigenvalue weighted by Crippen LogP contribution is 2.22. The summed E-state index contributed by atoms with van der Waals surface area (Å²) in [6.45, 7) is 3.98. The minimum absolute atomic E-state index is 0.282. The Hall–Kier alpha value is -3.15. The number of hydrogen-bond acceptors (Lipinski definition) is 3. The molecule has 1 saturated heterocycles. The van der Waals surface area contributed by atoms with Crippen molar-refractivity contribution in [3.63, 3.8) is 0 Å². The highest BCUT2D eigenvalue weighted by atomic mass is 16.2. The summed E-state index contributed by atoms with van der Waals surface area (Å²) in [7, 11) is 0. The summed E-state index contributed by atoms with van der Waals surface area (Å²) < 4.78 is 0. The second-order valence-corrected chi connectivity index (χ2v) is 6.19. The number of carbonyl (C=O) groups excluding carboxylic acids is 3. The normalized spacial score (nSPS) is 16.5. The van der Waals surface area contributed by atoms with Crippen molar-refractivity contribution in [2.24, 2.45) is 0 Å². The molecular formula is C20H21N3O3. The maximum absolute atomic E-state index is 12.7. The Morgan fingerprint density at radius 3 is 2.50 bits per heavy atom. The number of benzene rings is 2. The summed E-state index contributed by atoms with van der Waals surface area (Å²) in [5.74, 6) is -0.704. The monoisotopic (exact) mass is 351 g/mol. The molecule has 1 atom stereocenters. The van der Waals surface area contributed by atoms with Crippen molar-refractivity contribution < 1.29 is 14.4 Å². The first-order valence-corrected chi connectivity index (χ1v) is 8.55. The van der Waals surface area contributed by atoms with E-state index in [4.69, 9.17) is 0 Å². The van der Waals surface area contributed by atoms with E-state index >= 15 is 0 Å². The molecule has 0 bridgehead atoms. The second-order valence-electron chi connectivity index (χ2n) is 6.19. The molecule has 3 rings (SSSR count). The van der Waals surface area contributed by atoms with E-state index in [0.29, 0.717) is 12.1 Å². The topological polar surface area (TPSA) is 69.7 Å². The van der Waals surface area contributed by atoms with E-state index in [0.717, 1.165) is 16.2 Å². The van der Waals surface area contributed by atoms with Gasteiger partial charge in [0.05, 0.1) is 0 Å². The molecule has 0 saturated carbocycles. The molecule has 2 aromatic carbocycles. The van der Waals surface area contributed by atoms with Gasteiger partial charge in [-0.15, -0.1) is 0 Å². The van der Waals surface area contributed by atoms with Crippen molar-refractivity contribution in [1.29, 1.82) is 0 Å². The summed E-state index contributed by atoms with van der Waals surface area (Å²) in [5, 5.41) is 2.65. The number of aryl methyl sites for hydroxylation is 1. The van der Waals surface area contributed by atoms with Crippen LogP contribution >= 0.6 is 0 Å². The number of imide groups is 1. The van der Waals surface area contributed by atoms with Crippen LogP contribution in [0.25, 0.3) is 0 Å². The van der Waals surface area contributed by atoms with Gasteiger partial charge in [0.1, 0.15) is 12.6 Å². The van der Waals surface area contributed by atoms with Gasteiger partial charge in [0.25, 0.3) is 5.91 Å². The van der Waals surface area contributed by atoms with Crippen molar-refractivity contribution in [3.8, 4) is 0 Å². The second kappa shape index (κ2) is 7.39. The predicted molar refractivity (Wildman–Crippen MR) is 98.6 cm³/mol. The number of nitrogens with one attached hydrogen (secondary N) is 1. The quantitative estimate of drug-likeness (QED) is 0.842. The van der Waals surface area contributed by atoms with Crippen LogP contribution in [0.4, 0.5) is 10.5 Å². The fraction of sp³-hybridized carbons (Fsp3) is 0.250. The molecule has 1 aliphatic heterocycles. The van der Waals surface area contributed by atoms with Crippen LogP contribution in [0, 0.1) is 6.92 Å². The highest BCUT2D eigenvalue weighted by Gasteiger charge is 2.40. The van der Waals surface area contributed by atoms with Crippen molar-refractivity contribution in [2.75, 3.05) is 18.0 Å². The molecule has 2 aromatic rings. The average molecular weight is 351 g/mol. The van der Waals surface area contributed by atoms with Gasteiger partial charge < -0.3 is 10.2 Å². The molecule has 6 heteroatoms. The maximum atomic E-state index is 12.7. The van der Waals surface area contributed by atoms with Gasteiger partial charge in [-0.05, 0) is 37.1 Å². The Kier molecular flexibility index (Phi) is 5.02.